The van der Waals surface area contributed by atoms with Crippen molar-refractivity contribution in [1.82, 2.24) is 0 Å². The molecule has 100 valence electrons. The van der Waals surface area contributed by atoms with Crippen LogP contribution in [-0.4, -0.2) is 40.9 Å². The Bertz CT molecular complexity index is 294. The van der Waals surface area contributed by atoms with E-state index in [4.69, 9.17) is 14.2 Å². The fraction of sp³-hybridized carbons (Fsp3) is 1.00. The third kappa shape index (κ3) is 2.81. The molecule has 0 aromatic carbocycles. The molecule has 4 heteroatoms. The van der Waals surface area contributed by atoms with Crippen LogP contribution in [0, 0.1) is 0 Å². The van der Waals surface area contributed by atoms with Gasteiger partial charge in [0.1, 0.15) is 11.7 Å². The third-order valence-electron chi connectivity index (χ3n) is 3.33. The molecule has 3 atom stereocenters. The highest BCUT2D eigenvalue weighted by Gasteiger charge is 2.56. The number of ether oxygens (including phenoxy) is 3. The first-order chi connectivity index (χ1) is 7.61. The Kier molecular flexibility index (Phi) is 3.06. The number of hydrogen-bond donors (Lipinski definition) is 1. The van der Waals surface area contributed by atoms with Gasteiger partial charge in [-0.25, -0.2) is 0 Å². The number of fused-ring (bicyclic) bond motifs is 1. The van der Waals surface area contributed by atoms with E-state index in [1.807, 2.05) is 34.6 Å². The largest absolute Gasteiger partial charge is 0.385 e. The van der Waals surface area contributed by atoms with Gasteiger partial charge in [-0.15, -0.1) is 0 Å². The van der Waals surface area contributed by atoms with Crippen LogP contribution in [0.5, 0.6) is 0 Å². The van der Waals surface area contributed by atoms with Gasteiger partial charge in [-0.3, -0.25) is 0 Å². The van der Waals surface area contributed by atoms with Crippen LogP contribution in [0.2, 0.25) is 0 Å². The zero-order valence-electron chi connectivity index (χ0n) is 11.4. The van der Waals surface area contributed by atoms with Crippen molar-refractivity contribution in [3.63, 3.8) is 0 Å². The fourth-order valence-electron chi connectivity index (χ4n) is 2.53. The summed E-state index contributed by atoms with van der Waals surface area (Å²) in [5.41, 5.74) is -1.16. The standard InChI is InChI=1S/C13H24O4/c1-11(2,3)15-8-13(14)7-6-9-10(13)17-12(4,5)16-9/h9-10,14H,6-8H2,1-5H3/t9-,10-,13-/m0/s1. The van der Waals surface area contributed by atoms with Crippen LogP contribution in [-0.2, 0) is 14.2 Å². The van der Waals surface area contributed by atoms with E-state index < -0.39 is 11.4 Å². The van der Waals surface area contributed by atoms with E-state index in [2.05, 4.69) is 0 Å². The third-order valence-corrected chi connectivity index (χ3v) is 3.33. The number of hydrogen-bond acceptors (Lipinski definition) is 4. The van der Waals surface area contributed by atoms with Crippen molar-refractivity contribution in [2.24, 2.45) is 0 Å². The molecular weight excluding hydrogens is 220 g/mol. The smallest absolute Gasteiger partial charge is 0.163 e. The average Bonchev–Trinajstić information content (AvgIpc) is 2.59. The molecule has 0 amide bonds. The first-order valence-electron chi connectivity index (χ1n) is 6.33. The predicted octanol–water partition coefficient (Wildman–Crippen LogP) is 1.85. The highest BCUT2D eigenvalue weighted by molar-refractivity contribution is 5.03. The molecule has 2 aliphatic rings. The highest BCUT2D eigenvalue weighted by atomic mass is 16.8. The quantitative estimate of drug-likeness (QED) is 0.805. The van der Waals surface area contributed by atoms with Crippen LogP contribution in [0.25, 0.3) is 0 Å². The lowest BCUT2D eigenvalue weighted by atomic mass is 10.0. The monoisotopic (exact) mass is 244 g/mol. The van der Waals surface area contributed by atoms with Crippen molar-refractivity contribution < 1.29 is 19.3 Å². The van der Waals surface area contributed by atoms with Crippen LogP contribution in [0.4, 0.5) is 0 Å². The van der Waals surface area contributed by atoms with Gasteiger partial charge >= 0.3 is 0 Å². The van der Waals surface area contributed by atoms with Crippen molar-refractivity contribution in [2.75, 3.05) is 6.61 Å². The van der Waals surface area contributed by atoms with Crippen molar-refractivity contribution in [3.05, 3.63) is 0 Å². The summed E-state index contributed by atoms with van der Waals surface area (Å²) in [6.45, 7) is 10.0. The van der Waals surface area contributed by atoms with Gasteiger partial charge in [-0.2, -0.15) is 0 Å². The number of aliphatic hydroxyl groups is 1. The van der Waals surface area contributed by atoms with Gasteiger partial charge in [0, 0.05) is 0 Å². The molecule has 1 N–H and O–H groups in total. The molecule has 0 aromatic rings. The Morgan fingerprint density at radius 2 is 1.94 bits per heavy atom. The SMILES string of the molecule is CC(C)(C)OC[C@@]1(O)CC[C@@H]2OC(C)(C)O[C@@H]21. The van der Waals surface area contributed by atoms with Crippen LogP contribution in [0.15, 0.2) is 0 Å². The van der Waals surface area contributed by atoms with E-state index in [-0.39, 0.29) is 17.8 Å². The number of rotatable bonds is 2. The molecule has 17 heavy (non-hydrogen) atoms. The van der Waals surface area contributed by atoms with Crippen molar-refractivity contribution >= 4 is 0 Å². The zero-order chi connectivity index (χ0) is 12.9. The normalized spacial score (nSPS) is 40.6. The van der Waals surface area contributed by atoms with Gasteiger partial charge in [-0.05, 0) is 47.5 Å². The first-order valence-corrected chi connectivity index (χ1v) is 6.33. The van der Waals surface area contributed by atoms with Crippen molar-refractivity contribution in [1.29, 1.82) is 0 Å². The summed E-state index contributed by atoms with van der Waals surface area (Å²) >= 11 is 0. The molecule has 1 saturated carbocycles. The topological polar surface area (TPSA) is 47.9 Å². The molecule has 1 saturated heterocycles. The maximum atomic E-state index is 10.6. The summed E-state index contributed by atoms with van der Waals surface area (Å²) in [4.78, 5) is 0. The van der Waals surface area contributed by atoms with E-state index in [1.165, 1.54) is 0 Å². The van der Waals surface area contributed by atoms with E-state index in [9.17, 15) is 5.11 Å². The summed E-state index contributed by atoms with van der Waals surface area (Å²) < 4.78 is 17.3. The Morgan fingerprint density at radius 3 is 2.53 bits per heavy atom. The molecule has 0 radical (unpaired) electrons. The summed E-state index contributed by atoms with van der Waals surface area (Å²) in [6, 6.07) is 0. The summed E-state index contributed by atoms with van der Waals surface area (Å²) in [5, 5.41) is 10.6. The Labute approximate surface area is 103 Å². The minimum Gasteiger partial charge on any atom is -0.385 e. The molecule has 0 unspecified atom stereocenters. The molecule has 0 aromatic heterocycles. The van der Waals surface area contributed by atoms with Gasteiger partial charge in [0.25, 0.3) is 0 Å². The van der Waals surface area contributed by atoms with Crippen LogP contribution < -0.4 is 0 Å². The van der Waals surface area contributed by atoms with Gasteiger partial charge < -0.3 is 19.3 Å². The van der Waals surface area contributed by atoms with Crippen LogP contribution in [0.1, 0.15) is 47.5 Å². The first kappa shape index (κ1) is 13.3. The van der Waals surface area contributed by atoms with Gasteiger partial charge in [0.05, 0.1) is 18.3 Å². The lowest BCUT2D eigenvalue weighted by molar-refractivity contribution is -0.194. The summed E-state index contributed by atoms with van der Waals surface area (Å²) in [7, 11) is 0. The second-order valence-corrected chi connectivity index (χ2v) is 6.64. The summed E-state index contributed by atoms with van der Waals surface area (Å²) in [6.07, 6.45) is 1.24. The highest BCUT2D eigenvalue weighted by Crippen LogP contribution is 2.44. The Hall–Kier alpha value is -0.160. The Balaban J connectivity index is 2.02. The molecule has 1 aliphatic heterocycles. The van der Waals surface area contributed by atoms with Crippen LogP contribution >= 0.6 is 0 Å². The maximum Gasteiger partial charge on any atom is 0.163 e. The Morgan fingerprint density at radius 1 is 1.29 bits per heavy atom. The minimum absolute atomic E-state index is 0.00133. The molecular formula is C13H24O4. The van der Waals surface area contributed by atoms with E-state index in [1.54, 1.807) is 0 Å². The molecule has 4 nitrogen and oxygen atoms in total. The lowest BCUT2D eigenvalue weighted by Crippen LogP contribution is -2.47. The minimum atomic E-state index is -0.911. The van der Waals surface area contributed by atoms with Gasteiger partial charge in [-0.1, -0.05) is 0 Å². The average molecular weight is 244 g/mol. The second kappa shape index (κ2) is 3.92. The molecule has 1 heterocycles. The van der Waals surface area contributed by atoms with Gasteiger partial charge in [0.15, 0.2) is 5.79 Å². The predicted molar refractivity (Wildman–Crippen MR) is 63.7 cm³/mol. The van der Waals surface area contributed by atoms with Crippen LogP contribution in [0.3, 0.4) is 0 Å². The van der Waals surface area contributed by atoms with E-state index in [0.29, 0.717) is 13.0 Å². The maximum absolute atomic E-state index is 10.6. The molecule has 2 fully saturated rings. The molecule has 1 aliphatic carbocycles. The van der Waals surface area contributed by atoms with E-state index >= 15 is 0 Å². The molecule has 0 bridgehead atoms. The van der Waals surface area contributed by atoms with Gasteiger partial charge in [0.2, 0.25) is 0 Å². The van der Waals surface area contributed by atoms with E-state index in [0.717, 1.165) is 6.42 Å². The van der Waals surface area contributed by atoms with Crippen molar-refractivity contribution in [3.8, 4) is 0 Å². The summed E-state index contributed by atoms with van der Waals surface area (Å²) in [5.74, 6) is -0.592. The zero-order valence-corrected chi connectivity index (χ0v) is 11.4. The molecule has 0 spiro atoms. The van der Waals surface area contributed by atoms with Crippen molar-refractivity contribution in [2.45, 2.75) is 76.7 Å². The lowest BCUT2D eigenvalue weighted by Gasteiger charge is -2.32. The fourth-order valence-corrected chi connectivity index (χ4v) is 2.53. The second-order valence-electron chi connectivity index (χ2n) is 6.64. The molecule has 2 rings (SSSR count).